The Morgan fingerprint density at radius 3 is 1.87 bits per heavy atom. The maximum atomic E-state index is 12.3. The smallest absolute Gasteiger partial charge is 0.462 e. The Labute approximate surface area is 271 Å². The van der Waals surface area contributed by atoms with E-state index in [1.807, 2.05) is 12.2 Å². The van der Waals surface area contributed by atoms with E-state index in [1.165, 1.54) is 19.3 Å². The zero-order chi connectivity index (χ0) is 33.0. The Balaban J connectivity index is 2.18. The van der Waals surface area contributed by atoms with Gasteiger partial charge in [0.25, 0.3) is 0 Å². The molecule has 256 valence electrons. The summed E-state index contributed by atoms with van der Waals surface area (Å²) in [6.07, 6.45) is 34.5. The highest BCUT2D eigenvalue weighted by atomic mass is 31.2. The molecule has 10 heteroatoms. The molecule has 0 amide bonds. The number of allylic oxidation sites excluding steroid dienone is 8. The first-order valence-corrected chi connectivity index (χ1v) is 18.2. The number of carbonyl (C=O) groups is 2. The molecule has 0 saturated carbocycles. The number of phosphoric acid groups is 1. The van der Waals surface area contributed by atoms with E-state index in [2.05, 4.69) is 67.0 Å². The van der Waals surface area contributed by atoms with Crippen molar-refractivity contribution in [2.24, 2.45) is 0 Å². The Bertz CT molecular complexity index is 980. The van der Waals surface area contributed by atoms with Crippen LogP contribution in [-0.4, -0.2) is 53.3 Å². The zero-order valence-corrected chi connectivity index (χ0v) is 28.3. The number of hydrogen-bond donors (Lipinski definition) is 2. The van der Waals surface area contributed by atoms with Gasteiger partial charge in [-0.25, -0.2) is 4.57 Å². The number of ether oxygens (including phenoxy) is 3. The number of esters is 2. The summed E-state index contributed by atoms with van der Waals surface area (Å²) >= 11 is 0. The largest absolute Gasteiger partial charge is 0.469 e. The van der Waals surface area contributed by atoms with Gasteiger partial charge in [0.05, 0.1) is 18.8 Å². The van der Waals surface area contributed by atoms with Crippen molar-refractivity contribution in [3.8, 4) is 0 Å². The molecule has 2 unspecified atom stereocenters. The molecule has 1 heterocycles. The highest BCUT2D eigenvalue weighted by Gasteiger charge is 2.35. The minimum absolute atomic E-state index is 0.0816. The van der Waals surface area contributed by atoms with Gasteiger partial charge in [-0.2, -0.15) is 0 Å². The van der Waals surface area contributed by atoms with Crippen LogP contribution in [0.5, 0.6) is 0 Å². The Morgan fingerprint density at radius 1 is 0.711 bits per heavy atom. The highest BCUT2D eigenvalue weighted by Crippen LogP contribution is 2.36. The van der Waals surface area contributed by atoms with E-state index in [1.54, 1.807) is 0 Å². The van der Waals surface area contributed by atoms with Crippen molar-refractivity contribution in [3.05, 3.63) is 60.8 Å². The molecule has 0 bridgehead atoms. The van der Waals surface area contributed by atoms with Crippen molar-refractivity contribution in [3.63, 3.8) is 0 Å². The summed E-state index contributed by atoms with van der Waals surface area (Å²) in [5, 5.41) is 0. The Kier molecular flexibility index (Phi) is 24.3. The summed E-state index contributed by atoms with van der Waals surface area (Å²) in [6.45, 7) is 3.41. The maximum absolute atomic E-state index is 12.3. The number of epoxide rings is 1. The van der Waals surface area contributed by atoms with Gasteiger partial charge in [-0.15, -0.1) is 0 Å². The van der Waals surface area contributed by atoms with E-state index in [0.717, 1.165) is 57.8 Å². The molecule has 0 aromatic heterocycles. The molecule has 1 rings (SSSR count). The van der Waals surface area contributed by atoms with Crippen LogP contribution in [0.4, 0.5) is 0 Å². The van der Waals surface area contributed by atoms with Crippen molar-refractivity contribution in [1.82, 2.24) is 0 Å². The molecule has 0 radical (unpaired) electrons. The van der Waals surface area contributed by atoms with Crippen molar-refractivity contribution in [2.75, 3.05) is 13.2 Å². The molecule has 1 fully saturated rings. The second-order valence-electron chi connectivity index (χ2n) is 11.1. The van der Waals surface area contributed by atoms with Gasteiger partial charge in [-0.3, -0.25) is 14.1 Å². The molecule has 1 aliphatic rings. The van der Waals surface area contributed by atoms with Crippen molar-refractivity contribution in [1.29, 1.82) is 0 Å². The maximum Gasteiger partial charge on any atom is 0.469 e. The average Bonchev–Trinajstić information content (AvgIpc) is 3.75. The van der Waals surface area contributed by atoms with Crippen molar-refractivity contribution < 1.29 is 42.7 Å². The quantitative estimate of drug-likeness (QED) is 0.0281. The summed E-state index contributed by atoms with van der Waals surface area (Å²) in [6, 6.07) is 0. The molecule has 3 atom stereocenters. The normalized spacial score (nSPS) is 17.8. The van der Waals surface area contributed by atoms with Crippen LogP contribution in [0.1, 0.15) is 117 Å². The molecule has 1 aliphatic heterocycles. The van der Waals surface area contributed by atoms with Crippen LogP contribution < -0.4 is 0 Å². The Hall–Kier alpha value is -2.29. The molecule has 0 aromatic rings. The van der Waals surface area contributed by atoms with E-state index in [9.17, 15) is 14.2 Å². The zero-order valence-electron chi connectivity index (χ0n) is 27.4. The van der Waals surface area contributed by atoms with E-state index < -0.39 is 32.5 Å². The van der Waals surface area contributed by atoms with Crippen molar-refractivity contribution in [2.45, 2.75) is 135 Å². The van der Waals surface area contributed by atoms with Gasteiger partial charge in [-0.05, 0) is 51.4 Å². The lowest BCUT2D eigenvalue weighted by atomic mass is 10.1. The molecule has 0 spiro atoms. The average molecular weight is 653 g/mol. The van der Waals surface area contributed by atoms with Crippen LogP contribution >= 0.6 is 7.82 Å². The number of hydrogen-bond acceptors (Lipinski definition) is 7. The first-order chi connectivity index (χ1) is 21.7. The Morgan fingerprint density at radius 2 is 1.27 bits per heavy atom. The molecule has 2 N–H and O–H groups in total. The van der Waals surface area contributed by atoms with Crippen LogP contribution in [0.3, 0.4) is 0 Å². The molecule has 45 heavy (non-hydrogen) atoms. The minimum atomic E-state index is -4.76. The van der Waals surface area contributed by atoms with E-state index in [0.29, 0.717) is 25.0 Å². The predicted molar refractivity (Wildman–Crippen MR) is 178 cm³/mol. The van der Waals surface area contributed by atoms with Gasteiger partial charge in [-0.1, -0.05) is 113 Å². The molecule has 0 aliphatic carbocycles. The second-order valence-corrected chi connectivity index (χ2v) is 12.4. The summed E-state index contributed by atoms with van der Waals surface area (Å²) in [5.74, 6) is -1.00. The second kappa shape index (κ2) is 26.9. The number of unbranched alkanes of at least 4 members (excludes halogenated alkanes) is 6. The number of carbonyl (C=O) groups excluding carboxylic acids is 2. The lowest BCUT2D eigenvalue weighted by Gasteiger charge is -2.18. The third-order valence-corrected chi connectivity index (χ3v) is 7.45. The van der Waals surface area contributed by atoms with Crippen LogP contribution in [-0.2, 0) is 32.9 Å². The van der Waals surface area contributed by atoms with E-state index in [4.69, 9.17) is 24.0 Å². The first-order valence-electron chi connectivity index (χ1n) is 16.7. The minimum Gasteiger partial charge on any atom is -0.462 e. The summed E-state index contributed by atoms with van der Waals surface area (Å²) < 4.78 is 31.7. The molecular weight excluding hydrogens is 595 g/mol. The summed E-state index contributed by atoms with van der Waals surface area (Å²) in [5.41, 5.74) is 0. The lowest BCUT2D eigenvalue weighted by molar-refractivity contribution is -0.161. The highest BCUT2D eigenvalue weighted by molar-refractivity contribution is 7.46. The lowest BCUT2D eigenvalue weighted by Crippen LogP contribution is -2.29. The van der Waals surface area contributed by atoms with Gasteiger partial charge >= 0.3 is 19.8 Å². The van der Waals surface area contributed by atoms with Crippen LogP contribution in [0.15, 0.2) is 60.8 Å². The van der Waals surface area contributed by atoms with Gasteiger partial charge in [0.1, 0.15) is 6.61 Å². The third kappa shape index (κ3) is 26.6. The van der Waals surface area contributed by atoms with Crippen LogP contribution in [0.25, 0.3) is 0 Å². The summed E-state index contributed by atoms with van der Waals surface area (Å²) in [4.78, 5) is 42.3. The molecule has 0 aromatic carbocycles. The fraction of sp³-hybridized carbons (Fsp3) is 0.657. The first kappa shape index (κ1) is 40.7. The van der Waals surface area contributed by atoms with E-state index in [-0.39, 0.29) is 19.4 Å². The predicted octanol–water partition coefficient (Wildman–Crippen LogP) is 8.38. The SMILES string of the molecule is CC/C=C\CC1OC1C/C=C\C/C=C\C/C=C\C/C=C\CCC(=O)O[C@H](COC(=O)CCCCCCCCC)COP(=O)(O)O. The standard InChI is InChI=1S/C35H57O9P/c1-3-5-7-8-15-19-23-27-34(36)41-29-31(30-42-45(38,39)40)43-35(37)28-24-20-17-14-12-10-9-11-13-16-18-22-26-33-32(44-33)25-21-6-4-2/h6,10-13,17-18,20-22,31-33H,3-5,7-9,14-16,19,23-30H2,1-2H3,(H2,38,39,40)/b12-10-,13-11-,20-17-,21-6-,22-18-/t31-,32?,33?/m1/s1. The van der Waals surface area contributed by atoms with Crippen LogP contribution in [0.2, 0.25) is 0 Å². The van der Waals surface area contributed by atoms with Gasteiger partial charge < -0.3 is 24.0 Å². The third-order valence-electron chi connectivity index (χ3n) is 6.97. The summed E-state index contributed by atoms with van der Waals surface area (Å²) in [7, 11) is -4.76. The topological polar surface area (TPSA) is 132 Å². The molecular formula is C35H57O9P. The fourth-order valence-corrected chi connectivity index (χ4v) is 4.74. The number of phosphoric ester groups is 1. The van der Waals surface area contributed by atoms with Gasteiger partial charge in [0, 0.05) is 12.8 Å². The van der Waals surface area contributed by atoms with Gasteiger partial charge in [0.2, 0.25) is 0 Å². The van der Waals surface area contributed by atoms with Gasteiger partial charge in [0.15, 0.2) is 6.10 Å². The van der Waals surface area contributed by atoms with Crippen molar-refractivity contribution >= 4 is 19.8 Å². The van der Waals surface area contributed by atoms with Crippen LogP contribution in [0, 0.1) is 0 Å². The van der Waals surface area contributed by atoms with E-state index >= 15 is 0 Å². The fourth-order valence-electron chi connectivity index (χ4n) is 4.38. The monoisotopic (exact) mass is 652 g/mol. The number of rotatable bonds is 28. The molecule has 9 nitrogen and oxygen atoms in total. The molecule has 1 saturated heterocycles.